The molecule has 0 saturated heterocycles. The molecule has 0 atom stereocenters. The smallest absolute Gasteiger partial charge is 0.258 e. The molecule has 0 unspecified atom stereocenters. The largest absolute Gasteiger partial charge is 0.497 e. The molecular weight excluding hydrogens is 273 g/mol. The van der Waals surface area contributed by atoms with Crippen LogP contribution in [-0.2, 0) is 11.3 Å². The fourth-order valence-electron chi connectivity index (χ4n) is 1.74. The van der Waals surface area contributed by atoms with Crippen LogP contribution in [0.5, 0.6) is 11.5 Å². The zero-order valence-corrected chi connectivity index (χ0v) is 11.6. The van der Waals surface area contributed by atoms with Gasteiger partial charge in [-0.05, 0) is 29.8 Å². The Labute approximate surface area is 122 Å². The minimum absolute atomic E-state index is 0.159. The molecule has 110 valence electrons. The van der Waals surface area contributed by atoms with Gasteiger partial charge in [-0.1, -0.05) is 18.2 Å². The van der Waals surface area contributed by atoms with Crippen molar-refractivity contribution in [2.45, 2.75) is 6.54 Å². The van der Waals surface area contributed by atoms with Gasteiger partial charge in [0, 0.05) is 12.6 Å². The van der Waals surface area contributed by atoms with Gasteiger partial charge in [0.25, 0.3) is 5.91 Å². The molecular formula is C16H16FNO3. The van der Waals surface area contributed by atoms with Crippen molar-refractivity contribution in [3.63, 3.8) is 0 Å². The first-order valence-electron chi connectivity index (χ1n) is 6.45. The summed E-state index contributed by atoms with van der Waals surface area (Å²) in [6.07, 6.45) is 0. The maximum absolute atomic E-state index is 12.9. The third-order valence-electron chi connectivity index (χ3n) is 2.79. The molecule has 2 rings (SSSR count). The lowest BCUT2D eigenvalue weighted by Gasteiger charge is -2.08. The highest BCUT2D eigenvalue weighted by Gasteiger charge is 2.04. The summed E-state index contributed by atoms with van der Waals surface area (Å²) in [4.78, 5) is 11.7. The molecule has 2 aromatic carbocycles. The number of carbonyl (C=O) groups excluding carboxylic acids is 1. The zero-order chi connectivity index (χ0) is 15.1. The summed E-state index contributed by atoms with van der Waals surface area (Å²) in [5, 5.41) is 2.72. The van der Waals surface area contributed by atoms with Gasteiger partial charge in [-0.15, -0.1) is 0 Å². The number of rotatable bonds is 6. The van der Waals surface area contributed by atoms with Gasteiger partial charge < -0.3 is 14.8 Å². The number of hydrogen-bond donors (Lipinski definition) is 1. The molecule has 1 amide bonds. The number of halogens is 1. The molecule has 0 aliphatic carbocycles. The molecule has 0 fully saturated rings. The van der Waals surface area contributed by atoms with E-state index in [0.29, 0.717) is 12.3 Å². The quantitative estimate of drug-likeness (QED) is 0.889. The van der Waals surface area contributed by atoms with Crippen LogP contribution in [0.4, 0.5) is 4.39 Å². The Morgan fingerprint density at radius 2 is 1.90 bits per heavy atom. The molecule has 0 aliphatic heterocycles. The lowest BCUT2D eigenvalue weighted by molar-refractivity contribution is -0.123. The molecule has 1 N–H and O–H groups in total. The average molecular weight is 289 g/mol. The predicted molar refractivity (Wildman–Crippen MR) is 76.7 cm³/mol. The van der Waals surface area contributed by atoms with Crippen LogP contribution in [0.25, 0.3) is 0 Å². The summed E-state index contributed by atoms with van der Waals surface area (Å²) in [5.74, 6) is 0.385. The molecule has 0 aliphatic rings. The molecule has 0 bridgehead atoms. The summed E-state index contributed by atoms with van der Waals surface area (Å²) < 4.78 is 23.3. The monoisotopic (exact) mass is 289 g/mol. The Morgan fingerprint density at radius 3 is 2.67 bits per heavy atom. The van der Waals surface area contributed by atoms with Crippen molar-refractivity contribution >= 4 is 5.91 Å². The molecule has 0 radical (unpaired) electrons. The lowest BCUT2D eigenvalue weighted by atomic mass is 10.2. The van der Waals surface area contributed by atoms with Crippen LogP contribution in [0.2, 0.25) is 0 Å². The maximum atomic E-state index is 12.9. The Morgan fingerprint density at radius 1 is 1.14 bits per heavy atom. The number of hydrogen-bond acceptors (Lipinski definition) is 3. The van der Waals surface area contributed by atoms with Gasteiger partial charge in [0.1, 0.15) is 17.3 Å². The number of carbonyl (C=O) groups is 1. The van der Waals surface area contributed by atoms with Gasteiger partial charge in [0.15, 0.2) is 6.61 Å². The van der Waals surface area contributed by atoms with E-state index in [4.69, 9.17) is 9.47 Å². The number of methoxy groups -OCH3 is 1. The van der Waals surface area contributed by atoms with Gasteiger partial charge >= 0.3 is 0 Å². The number of benzene rings is 2. The Bertz CT molecular complexity index is 616. The van der Waals surface area contributed by atoms with Crippen LogP contribution in [0, 0.1) is 5.82 Å². The van der Waals surface area contributed by atoms with E-state index >= 15 is 0 Å². The fraction of sp³-hybridized carbons (Fsp3) is 0.188. The first kappa shape index (κ1) is 14.8. The van der Waals surface area contributed by atoms with E-state index in [2.05, 4.69) is 5.32 Å². The maximum Gasteiger partial charge on any atom is 0.258 e. The van der Waals surface area contributed by atoms with Crippen molar-refractivity contribution in [1.29, 1.82) is 0 Å². The molecule has 0 aromatic heterocycles. The molecule has 21 heavy (non-hydrogen) atoms. The van der Waals surface area contributed by atoms with Crippen molar-refractivity contribution in [1.82, 2.24) is 5.32 Å². The second-order valence-corrected chi connectivity index (χ2v) is 4.37. The van der Waals surface area contributed by atoms with E-state index in [9.17, 15) is 9.18 Å². The van der Waals surface area contributed by atoms with E-state index in [1.54, 1.807) is 13.2 Å². The Hall–Kier alpha value is -2.56. The van der Waals surface area contributed by atoms with Crippen LogP contribution in [0.1, 0.15) is 5.56 Å². The highest BCUT2D eigenvalue weighted by Crippen LogP contribution is 2.13. The minimum Gasteiger partial charge on any atom is -0.497 e. The minimum atomic E-state index is -0.399. The van der Waals surface area contributed by atoms with Crippen molar-refractivity contribution in [2.75, 3.05) is 13.7 Å². The van der Waals surface area contributed by atoms with E-state index in [1.807, 2.05) is 24.3 Å². The van der Waals surface area contributed by atoms with Crippen LogP contribution in [0.15, 0.2) is 48.5 Å². The second kappa shape index (κ2) is 7.28. The highest BCUT2D eigenvalue weighted by atomic mass is 19.1. The molecule has 0 heterocycles. The first-order chi connectivity index (χ1) is 10.2. The predicted octanol–water partition coefficient (Wildman–Crippen LogP) is 2.53. The average Bonchev–Trinajstić information content (AvgIpc) is 2.51. The zero-order valence-electron chi connectivity index (χ0n) is 11.6. The number of nitrogens with one attached hydrogen (secondary N) is 1. The van der Waals surface area contributed by atoms with Crippen molar-refractivity contribution in [3.05, 3.63) is 59.9 Å². The summed E-state index contributed by atoms with van der Waals surface area (Å²) in [5.41, 5.74) is 0.924. The number of ether oxygens (including phenoxy) is 2. The molecule has 0 spiro atoms. The van der Waals surface area contributed by atoms with Crippen LogP contribution >= 0.6 is 0 Å². The first-order valence-corrected chi connectivity index (χ1v) is 6.45. The summed E-state index contributed by atoms with van der Waals surface area (Å²) >= 11 is 0. The van der Waals surface area contributed by atoms with Gasteiger partial charge in [0.05, 0.1) is 7.11 Å². The Kier molecular flexibility index (Phi) is 5.15. The van der Waals surface area contributed by atoms with Gasteiger partial charge in [-0.2, -0.15) is 0 Å². The van der Waals surface area contributed by atoms with Crippen LogP contribution < -0.4 is 14.8 Å². The lowest BCUT2D eigenvalue weighted by Crippen LogP contribution is -2.28. The summed E-state index contributed by atoms with van der Waals surface area (Å²) in [7, 11) is 1.59. The standard InChI is InChI=1S/C16H16FNO3/c1-20-14-6-2-4-12(8-14)10-18-16(19)11-21-15-7-3-5-13(17)9-15/h2-9H,10-11H2,1H3,(H,18,19). The topological polar surface area (TPSA) is 47.6 Å². The third kappa shape index (κ3) is 4.80. The SMILES string of the molecule is COc1cccc(CNC(=O)COc2cccc(F)c2)c1. The highest BCUT2D eigenvalue weighted by molar-refractivity contribution is 5.77. The number of amides is 1. The molecule has 0 saturated carbocycles. The van der Waals surface area contributed by atoms with E-state index in [0.717, 1.165) is 11.3 Å². The van der Waals surface area contributed by atoms with Crippen molar-refractivity contribution in [2.24, 2.45) is 0 Å². The molecule has 5 heteroatoms. The third-order valence-corrected chi connectivity index (χ3v) is 2.79. The van der Waals surface area contributed by atoms with E-state index in [-0.39, 0.29) is 12.5 Å². The summed E-state index contributed by atoms with van der Waals surface area (Å²) in [6, 6.07) is 13.1. The van der Waals surface area contributed by atoms with Crippen molar-refractivity contribution in [3.8, 4) is 11.5 Å². The van der Waals surface area contributed by atoms with Gasteiger partial charge in [-0.3, -0.25) is 4.79 Å². The second-order valence-electron chi connectivity index (χ2n) is 4.37. The van der Waals surface area contributed by atoms with Crippen molar-refractivity contribution < 1.29 is 18.7 Å². The van der Waals surface area contributed by atoms with Crippen LogP contribution in [0.3, 0.4) is 0 Å². The molecule has 4 nitrogen and oxygen atoms in total. The Balaban J connectivity index is 1.79. The molecule has 2 aromatic rings. The van der Waals surface area contributed by atoms with Crippen LogP contribution in [-0.4, -0.2) is 19.6 Å². The van der Waals surface area contributed by atoms with E-state index in [1.165, 1.54) is 18.2 Å². The van der Waals surface area contributed by atoms with Gasteiger partial charge in [0.2, 0.25) is 0 Å². The normalized spacial score (nSPS) is 10.0. The summed E-state index contributed by atoms with van der Waals surface area (Å²) in [6.45, 7) is 0.218. The van der Waals surface area contributed by atoms with Gasteiger partial charge in [-0.25, -0.2) is 4.39 Å². The van der Waals surface area contributed by atoms with E-state index < -0.39 is 5.82 Å². The fourth-order valence-corrected chi connectivity index (χ4v) is 1.74.